The summed E-state index contributed by atoms with van der Waals surface area (Å²) in [7, 11) is -3.89. The van der Waals surface area contributed by atoms with Crippen molar-refractivity contribution in [3.8, 4) is 0 Å². The van der Waals surface area contributed by atoms with E-state index in [1.807, 2.05) is 13.8 Å². The molecule has 0 amide bonds. The number of benzene rings is 1. The summed E-state index contributed by atoms with van der Waals surface area (Å²) in [6, 6.07) is 2.42. The molecule has 1 aromatic carbocycles. The quantitative estimate of drug-likeness (QED) is 0.494. The third kappa shape index (κ3) is 5.15. The van der Waals surface area contributed by atoms with Gasteiger partial charge >= 0.3 is 5.97 Å². The molecule has 1 heterocycles. The van der Waals surface area contributed by atoms with Crippen LogP contribution in [0.1, 0.15) is 20.3 Å². The highest BCUT2D eigenvalue weighted by molar-refractivity contribution is 7.89. The highest BCUT2D eigenvalue weighted by Crippen LogP contribution is 2.30. The van der Waals surface area contributed by atoms with Crippen molar-refractivity contribution in [3.63, 3.8) is 0 Å². The number of morpholine rings is 1. The number of nitrogens with zero attached hydrogens (tertiary/aromatic N) is 2. The van der Waals surface area contributed by atoms with E-state index in [9.17, 15) is 28.4 Å². The van der Waals surface area contributed by atoms with Gasteiger partial charge in [0.15, 0.2) is 0 Å². The van der Waals surface area contributed by atoms with Gasteiger partial charge in [0.1, 0.15) is 11.7 Å². The predicted molar refractivity (Wildman–Crippen MR) is 97.2 cm³/mol. The summed E-state index contributed by atoms with van der Waals surface area (Å²) in [4.78, 5) is 21.9. The van der Waals surface area contributed by atoms with E-state index in [2.05, 4.69) is 5.32 Å². The molecule has 2 rings (SSSR count). The zero-order valence-electron chi connectivity index (χ0n) is 15.1. The van der Waals surface area contributed by atoms with Crippen LogP contribution in [0, 0.1) is 16.0 Å². The molecule has 0 bridgehead atoms. The number of hydrogen-bond acceptors (Lipinski definition) is 7. The van der Waals surface area contributed by atoms with Gasteiger partial charge in [-0.1, -0.05) is 13.8 Å². The fraction of sp³-hybridized carbons (Fsp3) is 0.562. The van der Waals surface area contributed by atoms with Crippen LogP contribution in [-0.4, -0.2) is 61.1 Å². The van der Waals surface area contributed by atoms with Crippen LogP contribution in [0.4, 0.5) is 11.4 Å². The standard InChI is InChI=1S/C16H23N3O7S/c1-11(2)9-14(16(20)21)17-13-4-3-12(10-15(13)19(22)23)27(24,25)18-5-7-26-8-6-18/h3-4,10-11,14,17H,5-9H2,1-2H3,(H,20,21)/t14-/m0/s1. The average molecular weight is 401 g/mol. The van der Waals surface area contributed by atoms with Crippen molar-refractivity contribution in [2.45, 2.75) is 31.2 Å². The van der Waals surface area contributed by atoms with Crippen LogP contribution in [0.15, 0.2) is 23.1 Å². The van der Waals surface area contributed by atoms with E-state index in [-0.39, 0.29) is 49.2 Å². The fourth-order valence-corrected chi connectivity index (χ4v) is 4.19. The first-order chi connectivity index (χ1) is 12.6. The Labute approximate surface area is 157 Å². The summed E-state index contributed by atoms with van der Waals surface area (Å²) >= 11 is 0. The number of rotatable bonds is 8. The van der Waals surface area contributed by atoms with Crippen molar-refractivity contribution in [2.75, 3.05) is 31.6 Å². The Morgan fingerprint density at radius 1 is 1.37 bits per heavy atom. The van der Waals surface area contributed by atoms with Gasteiger partial charge in [-0.05, 0) is 24.5 Å². The maximum Gasteiger partial charge on any atom is 0.326 e. The van der Waals surface area contributed by atoms with Gasteiger partial charge in [-0.2, -0.15) is 4.31 Å². The lowest BCUT2D eigenvalue weighted by Gasteiger charge is -2.26. The molecule has 1 fully saturated rings. The Morgan fingerprint density at radius 3 is 2.52 bits per heavy atom. The van der Waals surface area contributed by atoms with Crippen LogP contribution in [0.25, 0.3) is 0 Å². The van der Waals surface area contributed by atoms with Crippen LogP contribution in [0.3, 0.4) is 0 Å². The van der Waals surface area contributed by atoms with Crippen molar-refractivity contribution in [1.82, 2.24) is 4.31 Å². The Hall–Kier alpha value is -2.24. The van der Waals surface area contributed by atoms with Gasteiger partial charge in [0, 0.05) is 19.2 Å². The number of hydrogen-bond donors (Lipinski definition) is 2. The number of anilines is 1. The summed E-state index contributed by atoms with van der Waals surface area (Å²) in [6.07, 6.45) is 0.264. The molecule has 150 valence electrons. The van der Waals surface area contributed by atoms with Gasteiger partial charge in [0.25, 0.3) is 5.69 Å². The van der Waals surface area contributed by atoms with Crippen LogP contribution >= 0.6 is 0 Å². The van der Waals surface area contributed by atoms with Crippen LogP contribution < -0.4 is 5.32 Å². The molecule has 0 unspecified atom stereocenters. The Bertz CT molecular complexity index is 804. The van der Waals surface area contributed by atoms with Gasteiger partial charge < -0.3 is 15.2 Å². The van der Waals surface area contributed by atoms with Crippen molar-refractivity contribution < 1.29 is 28.0 Å². The third-order valence-electron chi connectivity index (χ3n) is 4.11. The van der Waals surface area contributed by atoms with E-state index in [4.69, 9.17) is 4.74 Å². The molecule has 1 aliphatic rings. The molecule has 2 N–H and O–H groups in total. The molecule has 0 radical (unpaired) electrons. The molecule has 27 heavy (non-hydrogen) atoms. The van der Waals surface area contributed by atoms with Gasteiger partial charge in [0.05, 0.1) is 23.0 Å². The fourth-order valence-electron chi connectivity index (χ4n) is 2.76. The number of nitro benzene ring substituents is 1. The van der Waals surface area contributed by atoms with Gasteiger partial charge in [-0.3, -0.25) is 10.1 Å². The van der Waals surface area contributed by atoms with E-state index in [1.165, 1.54) is 16.4 Å². The second-order valence-electron chi connectivity index (χ2n) is 6.62. The molecule has 0 spiro atoms. The number of sulfonamides is 1. The second-order valence-corrected chi connectivity index (χ2v) is 8.56. The average Bonchev–Trinajstić information content (AvgIpc) is 2.61. The molecule has 1 atom stereocenters. The van der Waals surface area contributed by atoms with Crippen LogP contribution in [0.2, 0.25) is 0 Å². The zero-order chi connectivity index (χ0) is 20.2. The predicted octanol–water partition coefficient (Wildman–Crippen LogP) is 1.53. The number of carboxylic acids is 1. The highest BCUT2D eigenvalue weighted by atomic mass is 32.2. The highest BCUT2D eigenvalue weighted by Gasteiger charge is 2.30. The van der Waals surface area contributed by atoms with Crippen molar-refractivity contribution in [1.29, 1.82) is 0 Å². The summed E-state index contributed by atoms with van der Waals surface area (Å²) < 4.78 is 31.7. The molecule has 0 aliphatic carbocycles. The number of nitro groups is 1. The first-order valence-electron chi connectivity index (χ1n) is 8.48. The largest absolute Gasteiger partial charge is 0.480 e. The molecule has 1 aliphatic heterocycles. The molecular weight excluding hydrogens is 378 g/mol. The molecule has 0 aromatic heterocycles. The first kappa shape index (κ1) is 21.1. The molecule has 1 saturated heterocycles. The summed E-state index contributed by atoms with van der Waals surface area (Å²) in [6.45, 7) is 4.54. The van der Waals surface area contributed by atoms with Crippen molar-refractivity contribution >= 4 is 27.4 Å². The lowest BCUT2D eigenvalue weighted by molar-refractivity contribution is -0.384. The minimum atomic E-state index is -3.89. The smallest absolute Gasteiger partial charge is 0.326 e. The van der Waals surface area contributed by atoms with E-state index in [0.717, 1.165) is 6.07 Å². The van der Waals surface area contributed by atoms with Crippen molar-refractivity contribution in [3.05, 3.63) is 28.3 Å². The Balaban J connectivity index is 2.36. The zero-order valence-corrected chi connectivity index (χ0v) is 15.9. The molecular formula is C16H23N3O7S. The maximum absolute atomic E-state index is 12.7. The second kappa shape index (κ2) is 8.63. The number of aliphatic carboxylic acids is 1. The number of carbonyl (C=O) groups is 1. The van der Waals surface area contributed by atoms with Gasteiger partial charge in [-0.15, -0.1) is 0 Å². The summed E-state index contributed by atoms with van der Waals surface area (Å²) in [5.41, 5.74) is -0.520. The Kier molecular flexibility index (Phi) is 6.73. The van der Waals surface area contributed by atoms with Gasteiger partial charge in [-0.25, -0.2) is 13.2 Å². The monoisotopic (exact) mass is 401 g/mol. The maximum atomic E-state index is 12.7. The topological polar surface area (TPSA) is 139 Å². The lowest BCUT2D eigenvalue weighted by Crippen LogP contribution is -2.40. The summed E-state index contributed by atoms with van der Waals surface area (Å²) in [5.74, 6) is -1.08. The molecule has 11 heteroatoms. The number of ether oxygens (including phenoxy) is 1. The Morgan fingerprint density at radius 2 is 2.00 bits per heavy atom. The molecule has 10 nitrogen and oxygen atoms in total. The van der Waals surface area contributed by atoms with Crippen LogP contribution in [-0.2, 0) is 19.6 Å². The van der Waals surface area contributed by atoms with E-state index in [0.29, 0.717) is 0 Å². The SMILES string of the molecule is CC(C)C[C@H](Nc1ccc(S(=O)(=O)N2CCOCC2)cc1[N+](=O)[O-])C(=O)O. The number of carboxylic acid groups (broad SMARTS) is 1. The summed E-state index contributed by atoms with van der Waals surface area (Å²) in [5, 5.41) is 23.4. The van der Waals surface area contributed by atoms with Crippen LogP contribution in [0.5, 0.6) is 0 Å². The minimum absolute atomic E-state index is 0.0334. The van der Waals surface area contributed by atoms with Crippen molar-refractivity contribution in [2.24, 2.45) is 5.92 Å². The van der Waals surface area contributed by atoms with E-state index in [1.54, 1.807) is 0 Å². The third-order valence-corrected chi connectivity index (χ3v) is 6.00. The molecule has 0 saturated carbocycles. The normalized spacial score (nSPS) is 16.9. The van der Waals surface area contributed by atoms with Gasteiger partial charge in [0.2, 0.25) is 10.0 Å². The lowest BCUT2D eigenvalue weighted by atomic mass is 10.0. The van der Waals surface area contributed by atoms with E-state index < -0.39 is 32.6 Å². The minimum Gasteiger partial charge on any atom is -0.480 e. The van der Waals surface area contributed by atoms with E-state index >= 15 is 0 Å². The number of nitrogens with one attached hydrogen (secondary N) is 1. The molecule has 1 aromatic rings. The first-order valence-corrected chi connectivity index (χ1v) is 9.92.